The van der Waals surface area contributed by atoms with Crippen molar-refractivity contribution in [2.75, 3.05) is 5.32 Å². The number of hydrogen-bond donors (Lipinski definition) is 1. The van der Waals surface area contributed by atoms with Crippen LogP contribution in [-0.4, -0.2) is 15.1 Å². The molecule has 2 rings (SSSR count). The van der Waals surface area contributed by atoms with Crippen LogP contribution in [0.25, 0.3) is 0 Å². The molecule has 0 amide bonds. The Balaban J connectivity index is 2.10. The van der Waals surface area contributed by atoms with E-state index < -0.39 is 0 Å². The topological polar surface area (TPSA) is 87.6 Å². The van der Waals surface area contributed by atoms with Gasteiger partial charge < -0.3 is 9.84 Å². The maximum atomic E-state index is 8.79. The van der Waals surface area contributed by atoms with E-state index in [1.807, 2.05) is 6.92 Å². The number of hydrogen-bond acceptors (Lipinski definition) is 6. The van der Waals surface area contributed by atoms with E-state index >= 15 is 0 Å². The smallest absolute Gasteiger partial charge is 0.213 e. The third-order valence-electron chi connectivity index (χ3n) is 1.92. The molecule has 2 aromatic heterocycles. The predicted molar refractivity (Wildman–Crippen MR) is 55.3 cm³/mol. The Morgan fingerprint density at radius 3 is 3.06 bits per heavy atom. The molecule has 0 saturated heterocycles. The molecule has 16 heavy (non-hydrogen) atoms. The largest absolute Gasteiger partial charge is 0.363 e. The zero-order valence-electron chi connectivity index (χ0n) is 8.64. The standard InChI is InChI=1S/C10H9N5O/c1-7-2-8(4-11)3-9(14-7)12-5-10-13-6-16-15-10/h2-3,6H,5H2,1H3,(H,12,14). The Kier molecular flexibility index (Phi) is 2.78. The molecule has 2 aromatic rings. The number of rotatable bonds is 3. The lowest BCUT2D eigenvalue weighted by Gasteiger charge is -2.03. The molecule has 0 aliphatic heterocycles. The van der Waals surface area contributed by atoms with E-state index in [0.717, 1.165) is 5.69 Å². The molecule has 0 spiro atoms. The molecule has 0 aromatic carbocycles. The summed E-state index contributed by atoms with van der Waals surface area (Å²) in [5.74, 6) is 1.17. The summed E-state index contributed by atoms with van der Waals surface area (Å²) in [4.78, 5) is 8.10. The second-order valence-electron chi connectivity index (χ2n) is 3.20. The van der Waals surface area contributed by atoms with E-state index in [1.165, 1.54) is 6.39 Å². The van der Waals surface area contributed by atoms with Crippen molar-refractivity contribution in [1.29, 1.82) is 5.26 Å². The third-order valence-corrected chi connectivity index (χ3v) is 1.92. The normalized spacial score (nSPS) is 9.75. The van der Waals surface area contributed by atoms with Crippen LogP contribution in [0.15, 0.2) is 23.0 Å². The monoisotopic (exact) mass is 215 g/mol. The first-order valence-electron chi connectivity index (χ1n) is 4.66. The molecule has 0 aliphatic rings. The summed E-state index contributed by atoms with van der Waals surface area (Å²) in [6, 6.07) is 5.47. The Morgan fingerprint density at radius 2 is 2.38 bits per heavy atom. The summed E-state index contributed by atoms with van der Waals surface area (Å²) in [6.07, 6.45) is 1.27. The molecular formula is C10H9N5O. The van der Waals surface area contributed by atoms with E-state index in [0.29, 0.717) is 23.8 Å². The van der Waals surface area contributed by atoms with Gasteiger partial charge in [-0.05, 0) is 19.1 Å². The van der Waals surface area contributed by atoms with Crippen molar-refractivity contribution < 1.29 is 4.52 Å². The Hall–Kier alpha value is -2.42. The van der Waals surface area contributed by atoms with Crippen LogP contribution >= 0.6 is 0 Å². The van der Waals surface area contributed by atoms with Crippen LogP contribution in [0.3, 0.4) is 0 Å². The first kappa shape index (κ1) is 10.1. The van der Waals surface area contributed by atoms with Crippen molar-refractivity contribution in [3.05, 3.63) is 35.6 Å². The Labute approximate surface area is 91.9 Å². The van der Waals surface area contributed by atoms with Crippen molar-refractivity contribution in [2.45, 2.75) is 13.5 Å². The van der Waals surface area contributed by atoms with Crippen LogP contribution in [0, 0.1) is 18.3 Å². The minimum atomic E-state index is 0.415. The molecule has 80 valence electrons. The lowest BCUT2D eigenvalue weighted by molar-refractivity contribution is 0.411. The number of nitrogens with zero attached hydrogens (tertiary/aromatic N) is 4. The molecule has 6 heteroatoms. The highest BCUT2D eigenvalue weighted by Crippen LogP contribution is 2.09. The second-order valence-corrected chi connectivity index (χ2v) is 3.20. The average Bonchev–Trinajstić information content (AvgIpc) is 2.78. The molecule has 0 aliphatic carbocycles. The van der Waals surface area contributed by atoms with Gasteiger partial charge >= 0.3 is 0 Å². The quantitative estimate of drug-likeness (QED) is 0.829. The van der Waals surface area contributed by atoms with Gasteiger partial charge in [0.15, 0.2) is 5.82 Å². The highest BCUT2D eigenvalue weighted by Gasteiger charge is 2.01. The molecule has 0 bridgehead atoms. The number of pyridine rings is 1. The lowest BCUT2D eigenvalue weighted by Crippen LogP contribution is -2.03. The molecule has 0 saturated carbocycles. The van der Waals surface area contributed by atoms with Gasteiger partial charge in [0, 0.05) is 5.69 Å². The van der Waals surface area contributed by atoms with Crippen molar-refractivity contribution in [3.63, 3.8) is 0 Å². The van der Waals surface area contributed by atoms with Crippen molar-refractivity contribution >= 4 is 5.82 Å². The lowest BCUT2D eigenvalue weighted by atomic mass is 10.2. The zero-order valence-corrected chi connectivity index (χ0v) is 8.64. The first-order valence-corrected chi connectivity index (χ1v) is 4.66. The summed E-state index contributed by atoms with van der Waals surface area (Å²) in [6.45, 7) is 2.25. The number of aromatic nitrogens is 3. The molecule has 0 atom stereocenters. The average molecular weight is 215 g/mol. The van der Waals surface area contributed by atoms with Crippen LogP contribution in [0.2, 0.25) is 0 Å². The SMILES string of the molecule is Cc1cc(C#N)cc(NCc2ncon2)n1. The molecule has 0 fully saturated rings. The van der Waals surface area contributed by atoms with Crippen LogP contribution in [0.1, 0.15) is 17.1 Å². The summed E-state index contributed by atoms with van der Waals surface area (Å²) >= 11 is 0. The number of nitriles is 1. The van der Waals surface area contributed by atoms with Crippen LogP contribution in [-0.2, 0) is 6.54 Å². The summed E-state index contributed by atoms with van der Waals surface area (Å²) in [5, 5.41) is 15.5. The maximum absolute atomic E-state index is 8.79. The number of nitrogens with one attached hydrogen (secondary N) is 1. The molecule has 1 N–H and O–H groups in total. The molecule has 0 radical (unpaired) electrons. The van der Waals surface area contributed by atoms with Crippen molar-refractivity contribution in [1.82, 2.24) is 15.1 Å². The van der Waals surface area contributed by atoms with Gasteiger partial charge in [0.1, 0.15) is 5.82 Å². The molecular weight excluding hydrogens is 206 g/mol. The van der Waals surface area contributed by atoms with Gasteiger partial charge in [0.05, 0.1) is 18.2 Å². The van der Waals surface area contributed by atoms with Crippen LogP contribution in [0.5, 0.6) is 0 Å². The minimum Gasteiger partial charge on any atom is -0.363 e. The van der Waals surface area contributed by atoms with Gasteiger partial charge in [-0.25, -0.2) is 4.98 Å². The predicted octanol–water partition coefficient (Wildman–Crippen LogP) is 1.26. The van der Waals surface area contributed by atoms with E-state index in [-0.39, 0.29) is 0 Å². The van der Waals surface area contributed by atoms with E-state index in [9.17, 15) is 0 Å². The van der Waals surface area contributed by atoms with E-state index in [4.69, 9.17) is 5.26 Å². The molecule has 6 nitrogen and oxygen atoms in total. The Bertz CT molecular complexity index is 515. The maximum Gasteiger partial charge on any atom is 0.213 e. The van der Waals surface area contributed by atoms with Gasteiger partial charge in [0.2, 0.25) is 6.39 Å². The van der Waals surface area contributed by atoms with Gasteiger partial charge in [0.25, 0.3) is 0 Å². The zero-order chi connectivity index (χ0) is 11.4. The summed E-state index contributed by atoms with van der Waals surface area (Å²) < 4.78 is 4.60. The van der Waals surface area contributed by atoms with Crippen molar-refractivity contribution in [2.24, 2.45) is 0 Å². The van der Waals surface area contributed by atoms with Crippen LogP contribution < -0.4 is 5.32 Å². The van der Waals surface area contributed by atoms with E-state index in [2.05, 4.69) is 31.0 Å². The third kappa shape index (κ3) is 2.33. The first-order chi connectivity index (χ1) is 7.78. The second kappa shape index (κ2) is 4.40. The highest BCUT2D eigenvalue weighted by molar-refractivity contribution is 5.44. The minimum absolute atomic E-state index is 0.415. The van der Waals surface area contributed by atoms with Gasteiger partial charge in [-0.3, -0.25) is 0 Å². The number of aryl methyl sites for hydroxylation is 1. The Morgan fingerprint density at radius 1 is 1.50 bits per heavy atom. The van der Waals surface area contributed by atoms with Gasteiger partial charge in [-0.2, -0.15) is 10.2 Å². The summed E-state index contributed by atoms with van der Waals surface area (Å²) in [5.41, 5.74) is 1.36. The molecule has 0 unspecified atom stereocenters. The summed E-state index contributed by atoms with van der Waals surface area (Å²) in [7, 11) is 0. The molecule has 2 heterocycles. The van der Waals surface area contributed by atoms with Gasteiger partial charge in [-0.15, -0.1) is 0 Å². The van der Waals surface area contributed by atoms with Crippen molar-refractivity contribution in [3.8, 4) is 6.07 Å². The van der Waals surface area contributed by atoms with E-state index in [1.54, 1.807) is 12.1 Å². The fraction of sp³-hybridized carbons (Fsp3) is 0.200. The van der Waals surface area contributed by atoms with Crippen LogP contribution in [0.4, 0.5) is 5.82 Å². The fourth-order valence-corrected chi connectivity index (χ4v) is 1.26. The fourth-order valence-electron chi connectivity index (χ4n) is 1.26. The van der Waals surface area contributed by atoms with Gasteiger partial charge in [-0.1, -0.05) is 5.16 Å². The highest BCUT2D eigenvalue weighted by atomic mass is 16.5. The number of anilines is 1.